The second-order valence-electron chi connectivity index (χ2n) is 6.69. The predicted octanol–water partition coefficient (Wildman–Crippen LogP) is 4.43. The fourth-order valence-corrected chi connectivity index (χ4v) is 3.14. The van der Waals surface area contributed by atoms with Crippen LogP contribution in [0.3, 0.4) is 0 Å². The van der Waals surface area contributed by atoms with E-state index in [0.717, 1.165) is 16.9 Å². The minimum absolute atomic E-state index is 0.147. The number of carbonyl (C=O) groups excluding carboxylic acids is 1. The molecular weight excluding hydrogens is 380 g/mol. The molecule has 0 saturated heterocycles. The Hall–Kier alpha value is -3.87. The van der Waals surface area contributed by atoms with E-state index in [9.17, 15) is 4.79 Å². The van der Waals surface area contributed by atoms with Crippen LogP contribution >= 0.6 is 0 Å². The van der Waals surface area contributed by atoms with Crippen LogP contribution in [0.2, 0.25) is 0 Å². The monoisotopic (exact) mass is 402 g/mol. The highest BCUT2D eigenvalue weighted by Crippen LogP contribution is 2.22. The number of aromatic nitrogens is 3. The summed E-state index contributed by atoms with van der Waals surface area (Å²) in [5, 5.41) is 7.60. The van der Waals surface area contributed by atoms with Gasteiger partial charge in [-0.25, -0.2) is 0 Å². The van der Waals surface area contributed by atoms with Crippen molar-refractivity contribution in [3.63, 3.8) is 0 Å². The van der Waals surface area contributed by atoms with Gasteiger partial charge in [-0.1, -0.05) is 48.5 Å². The van der Waals surface area contributed by atoms with E-state index >= 15 is 0 Å². The van der Waals surface area contributed by atoms with Gasteiger partial charge >= 0.3 is 0 Å². The number of para-hydroxylation sites is 1. The highest BCUT2D eigenvalue weighted by molar-refractivity contribution is 5.81. The summed E-state index contributed by atoms with van der Waals surface area (Å²) >= 11 is 0. The molecule has 4 aromatic rings. The van der Waals surface area contributed by atoms with Gasteiger partial charge < -0.3 is 14.5 Å². The lowest BCUT2D eigenvalue weighted by atomic mass is 10.1. The molecule has 0 aliphatic heterocycles. The molecule has 2 aromatic heterocycles. The van der Waals surface area contributed by atoms with Crippen molar-refractivity contribution >= 4 is 11.9 Å². The molecule has 0 unspecified atom stereocenters. The summed E-state index contributed by atoms with van der Waals surface area (Å²) in [6.45, 7) is 0.437. The molecule has 7 heteroatoms. The van der Waals surface area contributed by atoms with Gasteiger partial charge in [0, 0.05) is 18.5 Å². The quantitative estimate of drug-likeness (QED) is 0.469. The zero-order valence-electron chi connectivity index (χ0n) is 16.6. The Bertz CT molecular complexity index is 1100. The number of nitrogens with one attached hydrogen (secondary N) is 1. The van der Waals surface area contributed by atoms with Crippen LogP contribution in [0, 0.1) is 0 Å². The normalized spacial score (nSPS) is 10.7. The van der Waals surface area contributed by atoms with Gasteiger partial charge in [-0.3, -0.25) is 4.79 Å². The number of nitrogens with zero attached hydrogens (tertiary/aromatic N) is 3. The maximum Gasteiger partial charge on any atom is 0.250 e. The smallest absolute Gasteiger partial charge is 0.250 e. The Morgan fingerprint density at radius 1 is 1.07 bits per heavy atom. The largest absolute Gasteiger partial charge is 0.496 e. The molecule has 0 bridgehead atoms. The lowest BCUT2D eigenvalue weighted by Gasteiger charge is -2.10. The van der Waals surface area contributed by atoms with Crippen molar-refractivity contribution in [3.05, 3.63) is 84.1 Å². The lowest BCUT2D eigenvalue weighted by Crippen LogP contribution is -2.17. The SMILES string of the molecule is COc1ccccc1CNc1nc(-c2ccco2)nn1C(=O)CCc1ccccc1. The first kappa shape index (κ1) is 19.4. The summed E-state index contributed by atoms with van der Waals surface area (Å²) in [5.74, 6) is 1.84. The summed E-state index contributed by atoms with van der Waals surface area (Å²) in [4.78, 5) is 17.4. The Kier molecular flexibility index (Phi) is 5.89. The van der Waals surface area contributed by atoms with Crippen molar-refractivity contribution in [3.8, 4) is 17.3 Å². The third-order valence-corrected chi connectivity index (χ3v) is 4.68. The van der Waals surface area contributed by atoms with Gasteiger partial charge in [-0.2, -0.15) is 9.67 Å². The van der Waals surface area contributed by atoms with Crippen LogP contribution in [-0.4, -0.2) is 27.8 Å². The van der Waals surface area contributed by atoms with Crippen LogP contribution in [0.25, 0.3) is 11.6 Å². The highest BCUT2D eigenvalue weighted by atomic mass is 16.5. The first-order valence-electron chi connectivity index (χ1n) is 9.68. The maximum atomic E-state index is 12.9. The van der Waals surface area contributed by atoms with Crippen molar-refractivity contribution < 1.29 is 13.9 Å². The van der Waals surface area contributed by atoms with Crippen LogP contribution in [0.1, 0.15) is 22.3 Å². The number of hydrogen-bond donors (Lipinski definition) is 1. The lowest BCUT2D eigenvalue weighted by molar-refractivity contribution is 0.0890. The number of anilines is 1. The number of aryl methyl sites for hydroxylation is 1. The van der Waals surface area contributed by atoms with E-state index in [1.807, 2.05) is 54.6 Å². The fraction of sp³-hybridized carbons (Fsp3) is 0.174. The molecule has 0 aliphatic carbocycles. The number of benzene rings is 2. The van der Waals surface area contributed by atoms with E-state index < -0.39 is 0 Å². The molecule has 152 valence electrons. The number of carbonyl (C=O) groups is 1. The zero-order chi connectivity index (χ0) is 20.8. The van der Waals surface area contributed by atoms with Crippen molar-refractivity contribution in [1.82, 2.24) is 14.8 Å². The minimum atomic E-state index is -0.147. The van der Waals surface area contributed by atoms with E-state index in [4.69, 9.17) is 9.15 Å². The van der Waals surface area contributed by atoms with Crippen LogP contribution in [0.15, 0.2) is 77.4 Å². The minimum Gasteiger partial charge on any atom is -0.496 e. The Morgan fingerprint density at radius 3 is 2.63 bits per heavy atom. The number of methoxy groups -OCH3 is 1. The molecule has 0 aliphatic rings. The second-order valence-corrected chi connectivity index (χ2v) is 6.69. The average molecular weight is 402 g/mol. The molecular formula is C23H22N4O3. The van der Waals surface area contributed by atoms with Crippen LogP contribution in [0.4, 0.5) is 5.95 Å². The molecule has 0 fully saturated rings. The molecule has 7 nitrogen and oxygen atoms in total. The van der Waals surface area contributed by atoms with Gasteiger partial charge in [-0.05, 0) is 30.2 Å². The van der Waals surface area contributed by atoms with Gasteiger partial charge in [0.1, 0.15) is 5.75 Å². The predicted molar refractivity (Wildman–Crippen MR) is 113 cm³/mol. The van der Waals surface area contributed by atoms with Crippen molar-refractivity contribution in [2.75, 3.05) is 12.4 Å². The van der Waals surface area contributed by atoms with Crippen LogP contribution in [-0.2, 0) is 13.0 Å². The summed E-state index contributed by atoms with van der Waals surface area (Å²) in [6, 6.07) is 21.1. The highest BCUT2D eigenvalue weighted by Gasteiger charge is 2.19. The molecule has 30 heavy (non-hydrogen) atoms. The van der Waals surface area contributed by atoms with E-state index in [-0.39, 0.29) is 5.91 Å². The molecule has 0 spiro atoms. The standard InChI is InChI=1S/C23H22N4O3/c1-29-19-11-6-5-10-18(19)16-24-23-25-22(20-12-7-15-30-20)26-27(23)21(28)14-13-17-8-3-2-4-9-17/h2-12,15H,13-14,16H2,1H3,(H,24,25,26). The van der Waals surface area contributed by atoms with E-state index in [1.165, 1.54) is 4.68 Å². The number of ether oxygens (including phenoxy) is 1. The first-order chi connectivity index (χ1) is 14.7. The van der Waals surface area contributed by atoms with Crippen molar-refractivity contribution in [1.29, 1.82) is 0 Å². The Morgan fingerprint density at radius 2 is 1.87 bits per heavy atom. The Labute approximate surface area is 174 Å². The zero-order valence-corrected chi connectivity index (χ0v) is 16.6. The average Bonchev–Trinajstić information content (AvgIpc) is 3.47. The van der Waals surface area contributed by atoms with Gasteiger partial charge in [0.15, 0.2) is 5.76 Å². The summed E-state index contributed by atoms with van der Waals surface area (Å²) in [6.07, 6.45) is 2.49. The second kappa shape index (κ2) is 9.09. The van der Waals surface area contributed by atoms with E-state index in [1.54, 1.807) is 25.5 Å². The van der Waals surface area contributed by atoms with Gasteiger partial charge in [-0.15, -0.1) is 5.10 Å². The van der Waals surface area contributed by atoms with Crippen LogP contribution < -0.4 is 10.1 Å². The Balaban J connectivity index is 1.55. The van der Waals surface area contributed by atoms with Crippen molar-refractivity contribution in [2.24, 2.45) is 0 Å². The van der Waals surface area contributed by atoms with Gasteiger partial charge in [0.25, 0.3) is 0 Å². The van der Waals surface area contributed by atoms with Gasteiger partial charge in [0.05, 0.1) is 13.4 Å². The maximum absolute atomic E-state index is 12.9. The number of furan rings is 1. The molecule has 0 atom stereocenters. The topological polar surface area (TPSA) is 82.2 Å². The molecule has 4 rings (SSSR count). The molecule has 2 aromatic carbocycles. The summed E-state index contributed by atoms with van der Waals surface area (Å²) < 4.78 is 12.1. The number of hydrogen-bond acceptors (Lipinski definition) is 6. The molecule has 2 heterocycles. The van der Waals surface area contributed by atoms with Crippen molar-refractivity contribution in [2.45, 2.75) is 19.4 Å². The molecule has 0 radical (unpaired) electrons. The first-order valence-corrected chi connectivity index (χ1v) is 9.68. The van der Waals surface area contributed by atoms with Gasteiger partial charge in [0.2, 0.25) is 17.7 Å². The van der Waals surface area contributed by atoms with E-state index in [0.29, 0.717) is 36.9 Å². The third-order valence-electron chi connectivity index (χ3n) is 4.68. The molecule has 0 amide bonds. The van der Waals surface area contributed by atoms with Crippen LogP contribution in [0.5, 0.6) is 5.75 Å². The fourth-order valence-electron chi connectivity index (χ4n) is 3.14. The molecule has 1 N–H and O–H groups in total. The number of rotatable bonds is 8. The molecule has 0 saturated carbocycles. The summed E-state index contributed by atoms with van der Waals surface area (Å²) in [5.41, 5.74) is 2.05. The third kappa shape index (κ3) is 4.41. The summed E-state index contributed by atoms with van der Waals surface area (Å²) in [7, 11) is 1.63. The van der Waals surface area contributed by atoms with E-state index in [2.05, 4.69) is 15.4 Å².